The molecule has 2 amide bonds. The summed E-state index contributed by atoms with van der Waals surface area (Å²) in [5.74, 6) is -0.270. The second-order valence-corrected chi connectivity index (χ2v) is 8.37. The Morgan fingerprint density at radius 3 is 2.71 bits per heavy atom. The highest BCUT2D eigenvalue weighted by atomic mass is 32.1. The van der Waals surface area contributed by atoms with Gasteiger partial charge < -0.3 is 14.5 Å². The lowest BCUT2D eigenvalue weighted by Gasteiger charge is -2.10. The van der Waals surface area contributed by atoms with Crippen LogP contribution in [0.3, 0.4) is 0 Å². The van der Waals surface area contributed by atoms with Gasteiger partial charge >= 0.3 is 0 Å². The van der Waals surface area contributed by atoms with Gasteiger partial charge in [0, 0.05) is 41.1 Å². The molecule has 2 heterocycles. The van der Waals surface area contributed by atoms with E-state index < -0.39 is 0 Å². The number of allylic oxidation sites excluding steroid dienone is 1. The van der Waals surface area contributed by atoms with Gasteiger partial charge in [0.05, 0.1) is 25.5 Å². The molecule has 0 saturated carbocycles. The minimum Gasteiger partial charge on any atom is -0.496 e. The van der Waals surface area contributed by atoms with Crippen LogP contribution in [0, 0.1) is 5.82 Å². The summed E-state index contributed by atoms with van der Waals surface area (Å²) in [6, 6.07) is 9.82. The van der Waals surface area contributed by atoms with E-state index in [2.05, 4.69) is 15.6 Å². The van der Waals surface area contributed by atoms with Crippen molar-refractivity contribution in [1.29, 1.82) is 0 Å². The monoisotopic (exact) mass is 479 g/mol. The predicted molar refractivity (Wildman–Crippen MR) is 130 cm³/mol. The summed E-state index contributed by atoms with van der Waals surface area (Å²) in [5.41, 5.74) is 4.21. The highest BCUT2D eigenvalue weighted by molar-refractivity contribution is 7.14. The number of hydrogen-bond acceptors (Lipinski definition) is 6. The molecule has 0 fully saturated rings. The van der Waals surface area contributed by atoms with Gasteiger partial charge in [0.25, 0.3) is 0 Å². The smallest absolute Gasteiger partial charge is 0.250 e. The van der Waals surface area contributed by atoms with Crippen molar-refractivity contribution < 1.29 is 23.1 Å². The summed E-state index contributed by atoms with van der Waals surface area (Å²) in [4.78, 5) is 28.4. The van der Waals surface area contributed by atoms with Crippen LogP contribution in [0.2, 0.25) is 0 Å². The molecule has 0 radical (unpaired) electrons. The molecular weight excluding hydrogens is 457 g/mol. The molecule has 0 saturated heterocycles. The zero-order valence-electron chi connectivity index (χ0n) is 18.8. The van der Waals surface area contributed by atoms with Gasteiger partial charge in [0.2, 0.25) is 11.8 Å². The highest BCUT2D eigenvalue weighted by Gasteiger charge is 2.15. The van der Waals surface area contributed by atoms with Crippen molar-refractivity contribution in [3.05, 3.63) is 71.2 Å². The van der Waals surface area contributed by atoms with Crippen molar-refractivity contribution >= 4 is 44.8 Å². The van der Waals surface area contributed by atoms with Gasteiger partial charge in [0.1, 0.15) is 17.1 Å². The molecule has 0 atom stereocenters. The number of amides is 2. The molecule has 7 nitrogen and oxygen atoms in total. The molecule has 0 bridgehead atoms. The molecule has 0 aliphatic carbocycles. The first-order valence-corrected chi connectivity index (χ1v) is 11.3. The Labute approximate surface area is 199 Å². The van der Waals surface area contributed by atoms with Gasteiger partial charge in [-0.2, -0.15) is 0 Å². The number of rotatable bonds is 7. The van der Waals surface area contributed by atoms with E-state index in [9.17, 15) is 14.0 Å². The average molecular weight is 480 g/mol. The molecule has 4 aromatic rings. The number of halogens is 1. The largest absolute Gasteiger partial charge is 0.496 e. The van der Waals surface area contributed by atoms with Crippen molar-refractivity contribution in [2.75, 3.05) is 19.5 Å². The maximum absolute atomic E-state index is 13.4. The number of carbonyl (C=O) groups excluding carboxylic acids is 2. The van der Waals surface area contributed by atoms with E-state index in [-0.39, 0.29) is 24.1 Å². The zero-order valence-corrected chi connectivity index (χ0v) is 19.6. The third kappa shape index (κ3) is 4.99. The molecule has 2 aromatic carbocycles. The molecule has 34 heavy (non-hydrogen) atoms. The van der Waals surface area contributed by atoms with Gasteiger partial charge in [-0.05, 0) is 36.3 Å². The van der Waals surface area contributed by atoms with E-state index in [4.69, 9.17) is 9.15 Å². The molecule has 2 N–H and O–H groups in total. The lowest BCUT2D eigenvalue weighted by atomic mass is 9.99. The van der Waals surface area contributed by atoms with E-state index in [1.807, 2.05) is 6.07 Å². The fourth-order valence-electron chi connectivity index (χ4n) is 3.50. The number of methoxy groups -OCH3 is 1. The lowest BCUT2D eigenvalue weighted by Crippen LogP contribution is -2.20. The number of thiazole rings is 1. The number of fused-ring (bicyclic) bond motifs is 1. The molecule has 0 spiro atoms. The minimum atomic E-state index is -0.355. The van der Waals surface area contributed by atoms with Crippen LogP contribution in [0.1, 0.15) is 18.2 Å². The van der Waals surface area contributed by atoms with Gasteiger partial charge in [-0.1, -0.05) is 12.1 Å². The number of nitrogens with zero attached hydrogens (tertiary/aromatic N) is 1. The zero-order chi connectivity index (χ0) is 24.2. The fraction of sp³-hybridized carbons (Fsp3) is 0.160. The van der Waals surface area contributed by atoms with Gasteiger partial charge in [-0.25, -0.2) is 9.37 Å². The van der Waals surface area contributed by atoms with Crippen molar-refractivity contribution in [2.45, 2.75) is 13.3 Å². The number of ether oxygens (including phenoxy) is 1. The molecule has 0 aliphatic rings. The second-order valence-electron chi connectivity index (χ2n) is 7.52. The van der Waals surface area contributed by atoms with Crippen LogP contribution < -0.4 is 15.4 Å². The Hall–Kier alpha value is -3.98. The second kappa shape index (κ2) is 9.88. The summed E-state index contributed by atoms with van der Waals surface area (Å²) >= 11 is 1.25. The van der Waals surface area contributed by atoms with Crippen molar-refractivity contribution in [1.82, 2.24) is 10.3 Å². The van der Waals surface area contributed by atoms with E-state index in [0.717, 1.165) is 16.5 Å². The quantitative estimate of drug-likeness (QED) is 0.363. The van der Waals surface area contributed by atoms with Crippen LogP contribution in [-0.4, -0.2) is 31.0 Å². The molecule has 4 rings (SSSR count). The Morgan fingerprint density at radius 2 is 2.00 bits per heavy atom. The summed E-state index contributed by atoms with van der Waals surface area (Å²) in [5, 5.41) is 8.22. The minimum absolute atomic E-state index is 0.149. The standard InChI is InChI=1S/C25H22FN3O4S/c1-14(8-24(31)29-25-28-17(13-34-25)9-23(30)27-2)18-10-19-20(15-4-6-16(26)7-5-15)12-33-22(19)11-21(18)32-3/h4-8,10-13H,9H2,1-3H3,(H,27,30)(H,28,29,31)/b14-8+. The topological polar surface area (TPSA) is 93.5 Å². The first-order valence-electron chi connectivity index (χ1n) is 10.4. The van der Waals surface area contributed by atoms with Gasteiger partial charge in [-0.15, -0.1) is 11.3 Å². The van der Waals surface area contributed by atoms with Crippen molar-refractivity contribution in [2.24, 2.45) is 0 Å². The Balaban J connectivity index is 1.61. The number of carbonyl (C=O) groups is 2. The molecule has 0 unspecified atom stereocenters. The first kappa shape index (κ1) is 23.2. The van der Waals surface area contributed by atoms with Crippen LogP contribution in [0.25, 0.3) is 27.7 Å². The Kier molecular flexibility index (Phi) is 6.74. The maximum Gasteiger partial charge on any atom is 0.250 e. The number of aromatic nitrogens is 1. The number of benzene rings is 2. The van der Waals surface area contributed by atoms with Crippen LogP contribution in [0.15, 0.2) is 58.5 Å². The van der Waals surface area contributed by atoms with Gasteiger partial charge in [-0.3, -0.25) is 14.9 Å². The van der Waals surface area contributed by atoms with E-state index in [1.165, 1.54) is 29.5 Å². The van der Waals surface area contributed by atoms with Crippen LogP contribution in [-0.2, 0) is 16.0 Å². The fourth-order valence-corrected chi connectivity index (χ4v) is 4.21. The summed E-state index contributed by atoms with van der Waals surface area (Å²) in [7, 11) is 3.11. The normalized spacial score (nSPS) is 11.5. The number of likely N-dealkylation sites (N-methyl/N-ethyl adjacent to an activating group) is 1. The summed E-state index contributed by atoms with van der Waals surface area (Å²) in [6.45, 7) is 1.81. The third-order valence-corrected chi connectivity index (χ3v) is 6.03. The molecule has 9 heteroatoms. The number of nitrogens with one attached hydrogen (secondary N) is 2. The number of furan rings is 1. The maximum atomic E-state index is 13.4. The van der Waals surface area contributed by atoms with Crippen molar-refractivity contribution in [3.63, 3.8) is 0 Å². The Morgan fingerprint density at radius 1 is 1.24 bits per heavy atom. The molecule has 2 aromatic heterocycles. The Bertz CT molecular complexity index is 1390. The van der Waals surface area contributed by atoms with Crippen molar-refractivity contribution in [3.8, 4) is 16.9 Å². The third-order valence-electron chi connectivity index (χ3n) is 5.23. The van der Waals surface area contributed by atoms with Crippen LogP contribution in [0.5, 0.6) is 5.75 Å². The van der Waals surface area contributed by atoms with E-state index >= 15 is 0 Å². The first-order chi connectivity index (χ1) is 16.4. The average Bonchev–Trinajstić information content (AvgIpc) is 3.44. The van der Waals surface area contributed by atoms with Crippen LogP contribution >= 0.6 is 11.3 Å². The molecular formula is C25H22FN3O4S. The van der Waals surface area contributed by atoms with Gasteiger partial charge in [0.15, 0.2) is 5.13 Å². The van der Waals surface area contributed by atoms with Crippen LogP contribution in [0.4, 0.5) is 9.52 Å². The molecule has 0 aliphatic heterocycles. The van der Waals surface area contributed by atoms with E-state index in [0.29, 0.717) is 33.3 Å². The predicted octanol–water partition coefficient (Wildman–Crippen LogP) is 5.03. The molecule has 174 valence electrons. The van der Waals surface area contributed by atoms with E-state index in [1.54, 1.807) is 50.9 Å². The number of anilines is 1. The SMILES string of the molecule is CNC(=O)Cc1csc(NC(=O)/C=C(\C)c2cc3c(-c4ccc(F)cc4)coc3cc2OC)n1. The summed E-state index contributed by atoms with van der Waals surface area (Å²) in [6.07, 6.45) is 3.23. The highest BCUT2D eigenvalue weighted by Crippen LogP contribution is 2.37. The summed E-state index contributed by atoms with van der Waals surface area (Å²) < 4.78 is 24.6. The lowest BCUT2D eigenvalue weighted by molar-refractivity contribution is -0.120. The number of hydrogen-bond donors (Lipinski definition) is 2.